The molecule has 0 spiro atoms. The first-order chi connectivity index (χ1) is 33.4. The van der Waals surface area contributed by atoms with Crippen molar-refractivity contribution < 1.29 is 0 Å². The summed E-state index contributed by atoms with van der Waals surface area (Å²) in [7, 11) is 0. The average molecular weight is 875 g/mol. The Morgan fingerprint density at radius 2 is 0.824 bits per heavy atom. The normalized spacial score (nSPS) is 11.0. The third kappa shape index (κ3) is 9.84. The second-order valence-corrected chi connectivity index (χ2v) is 17.6. The van der Waals surface area contributed by atoms with E-state index in [4.69, 9.17) is 4.98 Å². The number of pyridine rings is 3. The van der Waals surface area contributed by atoms with Crippen molar-refractivity contribution in [2.45, 2.75) is 39.5 Å². The summed E-state index contributed by atoms with van der Waals surface area (Å²) in [6, 6.07) is 73.8. The standard InChI is InChI=1S/C64H50N4/c1-44-37-64(68-43-45(44)2)56-33-34-60(61(41-56)53-31-29-52(30-32-53)51-23-21-48(42-65)22-24-51)59-10-4-3-9-58(59)57-39-49(15-13-46-17-25-54(26-18-46)62-11-5-7-35-66-62)38-50(40-57)16-14-47-19-27-55(28-20-47)63-12-6-8-36-67-63/h3-12,17-41,43H,13-16H2,1-2H3. The van der Waals surface area contributed by atoms with Crippen molar-refractivity contribution in [1.29, 1.82) is 5.26 Å². The van der Waals surface area contributed by atoms with Gasteiger partial charge in [0.15, 0.2) is 0 Å². The van der Waals surface area contributed by atoms with E-state index >= 15 is 0 Å². The summed E-state index contributed by atoms with van der Waals surface area (Å²) < 4.78 is 0. The molecule has 0 N–H and O–H groups in total. The molecule has 0 fully saturated rings. The summed E-state index contributed by atoms with van der Waals surface area (Å²) in [6.07, 6.45) is 9.36. The molecular formula is C64H50N4. The van der Waals surface area contributed by atoms with Crippen molar-refractivity contribution in [3.8, 4) is 84.3 Å². The SMILES string of the molecule is Cc1cnc(-c2ccc(-c3ccccc3-c3cc(CCc4ccc(-c5ccccn5)cc4)cc(CCc4ccc(-c5ccccn5)cc4)c3)c(-c3ccc(-c4ccc(C#N)cc4)cc3)c2)cc1C. The lowest BCUT2D eigenvalue weighted by molar-refractivity contribution is 0.931. The molecule has 10 aromatic rings. The van der Waals surface area contributed by atoms with Gasteiger partial charge in [0.2, 0.25) is 0 Å². The molecule has 4 heteroatoms. The van der Waals surface area contributed by atoms with Crippen LogP contribution < -0.4 is 0 Å². The summed E-state index contributed by atoms with van der Waals surface area (Å²) in [5, 5.41) is 9.39. The van der Waals surface area contributed by atoms with Crippen LogP contribution in [0.2, 0.25) is 0 Å². The van der Waals surface area contributed by atoms with Crippen molar-refractivity contribution in [1.82, 2.24) is 15.0 Å². The van der Waals surface area contributed by atoms with Gasteiger partial charge in [-0.25, -0.2) is 0 Å². The van der Waals surface area contributed by atoms with Gasteiger partial charge in [0.25, 0.3) is 0 Å². The van der Waals surface area contributed by atoms with Crippen molar-refractivity contribution >= 4 is 0 Å². The van der Waals surface area contributed by atoms with Crippen molar-refractivity contribution in [3.63, 3.8) is 0 Å². The van der Waals surface area contributed by atoms with Gasteiger partial charge >= 0.3 is 0 Å². The number of hydrogen-bond donors (Lipinski definition) is 0. The average Bonchev–Trinajstić information content (AvgIpc) is 3.41. The van der Waals surface area contributed by atoms with E-state index in [9.17, 15) is 5.26 Å². The van der Waals surface area contributed by atoms with E-state index in [2.05, 4.69) is 182 Å². The fraction of sp³-hybridized carbons (Fsp3) is 0.0938. The minimum atomic E-state index is 0.654. The van der Waals surface area contributed by atoms with Gasteiger partial charge in [0, 0.05) is 35.3 Å². The zero-order chi connectivity index (χ0) is 46.2. The predicted molar refractivity (Wildman–Crippen MR) is 280 cm³/mol. The first-order valence-electron chi connectivity index (χ1n) is 23.4. The smallest absolute Gasteiger partial charge is 0.0991 e. The molecule has 68 heavy (non-hydrogen) atoms. The third-order valence-electron chi connectivity index (χ3n) is 13.0. The quantitative estimate of drug-likeness (QED) is 0.116. The number of aryl methyl sites for hydroxylation is 6. The lowest BCUT2D eigenvalue weighted by atomic mass is 9.86. The monoisotopic (exact) mass is 874 g/mol. The molecule has 3 heterocycles. The van der Waals surface area contributed by atoms with Crippen LogP contribution in [-0.2, 0) is 25.7 Å². The van der Waals surface area contributed by atoms with Crippen molar-refractivity contribution in [2.24, 2.45) is 0 Å². The van der Waals surface area contributed by atoms with Gasteiger partial charge in [-0.05, 0) is 166 Å². The third-order valence-corrected chi connectivity index (χ3v) is 13.0. The van der Waals surface area contributed by atoms with Crippen LogP contribution in [0.1, 0.15) is 38.9 Å². The Hall–Kier alpha value is -8.52. The maximum atomic E-state index is 9.39. The molecule has 0 saturated heterocycles. The first kappa shape index (κ1) is 43.4. The van der Waals surface area contributed by atoms with Gasteiger partial charge in [0.1, 0.15) is 0 Å². The predicted octanol–water partition coefficient (Wildman–Crippen LogP) is 15.6. The van der Waals surface area contributed by atoms with Crippen LogP contribution in [0, 0.1) is 25.2 Å². The van der Waals surface area contributed by atoms with Crippen LogP contribution in [0.3, 0.4) is 0 Å². The minimum absolute atomic E-state index is 0.654. The molecule has 3 aromatic heterocycles. The Balaban J connectivity index is 1.02. The topological polar surface area (TPSA) is 62.5 Å². The van der Waals surface area contributed by atoms with Gasteiger partial charge in [-0.2, -0.15) is 5.26 Å². The van der Waals surface area contributed by atoms with Crippen LogP contribution in [0.25, 0.3) is 78.3 Å². The number of nitriles is 1. The fourth-order valence-electron chi connectivity index (χ4n) is 9.04. The molecule has 0 bridgehead atoms. The number of rotatable bonds is 13. The molecule has 0 radical (unpaired) electrons. The number of benzene rings is 7. The summed E-state index contributed by atoms with van der Waals surface area (Å²) in [4.78, 5) is 14.0. The Morgan fingerprint density at radius 1 is 0.338 bits per heavy atom. The van der Waals surface area contributed by atoms with Crippen molar-refractivity contribution in [2.75, 3.05) is 0 Å². The zero-order valence-corrected chi connectivity index (χ0v) is 38.4. The minimum Gasteiger partial charge on any atom is -0.256 e. The molecule has 0 aliphatic heterocycles. The maximum Gasteiger partial charge on any atom is 0.0991 e. The largest absolute Gasteiger partial charge is 0.256 e. The lowest BCUT2D eigenvalue weighted by Gasteiger charge is -2.18. The summed E-state index contributed by atoms with van der Waals surface area (Å²) in [5.41, 5.74) is 23.7. The molecular weight excluding hydrogens is 825 g/mol. The first-order valence-corrected chi connectivity index (χ1v) is 23.4. The zero-order valence-electron chi connectivity index (χ0n) is 38.4. The molecule has 10 rings (SSSR count). The second-order valence-electron chi connectivity index (χ2n) is 17.6. The summed E-state index contributed by atoms with van der Waals surface area (Å²) in [5.74, 6) is 0. The van der Waals surface area contributed by atoms with Gasteiger partial charge in [-0.1, -0.05) is 152 Å². The second kappa shape index (κ2) is 19.9. The lowest BCUT2D eigenvalue weighted by Crippen LogP contribution is -1.98. The van der Waals surface area contributed by atoms with E-state index in [1.165, 1.54) is 50.1 Å². The Morgan fingerprint density at radius 3 is 1.37 bits per heavy atom. The molecule has 0 aliphatic rings. The summed E-state index contributed by atoms with van der Waals surface area (Å²) >= 11 is 0. The molecule has 7 aromatic carbocycles. The fourth-order valence-corrected chi connectivity index (χ4v) is 9.04. The van der Waals surface area contributed by atoms with Crippen LogP contribution in [0.5, 0.6) is 0 Å². The molecule has 0 aliphatic carbocycles. The highest BCUT2D eigenvalue weighted by Gasteiger charge is 2.17. The molecule has 0 atom stereocenters. The highest BCUT2D eigenvalue weighted by Crippen LogP contribution is 2.41. The maximum absolute atomic E-state index is 9.39. The van der Waals surface area contributed by atoms with E-state index in [0.29, 0.717) is 5.56 Å². The Kier molecular flexibility index (Phi) is 12.7. The summed E-state index contributed by atoms with van der Waals surface area (Å²) in [6.45, 7) is 4.25. The molecule has 0 saturated carbocycles. The van der Waals surface area contributed by atoms with E-state index in [1.54, 1.807) is 0 Å². The number of nitrogens with zero attached hydrogens (tertiary/aromatic N) is 4. The molecule has 326 valence electrons. The van der Waals surface area contributed by atoms with Gasteiger partial charge in [-0.3, -0.25) is 15.0 Å². The van der Waals surface area contributed by atoms with E-state index in [1.807, 2.05) is 67.1 Å². The van der Waals surface area contributed by atoms with Crippen LogP contribution in [0.15, 0.2) is 219 Å². The van der Waals surface area contributed by atoms with Gasteiger partial charge in [0.05, 0.1) is 28.7 Å². The Bertz CT molecular complexity index is 3260. The molecule has 4 nitrogen and oxygen atoms in total. The van der Waals surface area contributed by atoms with Crippen LogP contribution >= 0.6 is 0 Å². The van der Waals surface area contributed by atoms with Crippen LogP contribution in [0.4, 0.5) is 0 Å². The Labute approximate surface area is 400 Å². The van der Waals surface area contributed by atoms with Crippen LogP contribution in [-0.4, -0.2) is 15.0 Å². The van der Waals surface area contributed by atoms with E-state index in [-0.39, 0.29) is 0 Å². The highest BCUT2D eigenvalue weighted by atomic mass is 14.7. The van der Waals surface area contributed by atoms with E-state index in [0.717, 1.165) is 87.3 Å². The number of aromatic nitrogens is 3. The van der Waals surface area contributed by atoms with Gasteiger partial charge in [-0.15, -0.1) is 0 Å². The van der Waals surface area contributed by atoms with Crippen molar-refractivity contribution in [3.05, 3.63) is 258 Å². The van der Waals surface area contributed by atoms with E-state index < -0.39 is 0 Å². The molecule has 0 unspecified atom stereocenters. The highest BCUT2D eigenvalue weighted by molar-refractivity contribution is 5.94. The van der Waals surface area contributed by atoms with Gasteiger partial charge < -0.3 is 0 Å². The number of hydrogen-bond acceptors (Lipinski definition) is 4. The molecule has 0 amide bonds.